The number of benzene rings is 2. The minimum atomic E-state index is -0.515. The van der Waals surface area contributed by atoms with E-state index in [1.165, 1.54) is 4.52 Å². The molecular formula is C20H13N5O4. The Bertz CT molecular complexity index is 1320. The second-order valence-electron chi connectivity index (χ2n) is 6.38. The van der Waals surface area contributed by atoms with Gasteiger partial charge in [-0.15, -0.1) is 5.10 Å². The molecule has 0 aliphatic carbocycles. The Hall–Kier alpha value is -4.27. The predicted molar refractivity (Wildman–Crippen MR) is 103 cm³/mol. The Morgan fingerprint density at radius 2 is 1.59 bits per heavy atom. The summed E-state index contributed by atoms with van der Waals surface area (Å²) in [6.45, 7) is 0. The molecule has 0 unspecified atom stereocenters. The van der Waals surface area contributed by atoms with Gasteiger partial charge >= 0.3 is 0 Å². The highest BCUT2D eigenvalue weighted by atomic mass is 16.5. The standard InChI is InChI=1S/C20H13N5O4/c1-29-12-8-6-11(7-9-12)17-22-20-21-15(26)10-16(25(20)23-17)24-18(27)13-4-2-3-5-14(13)19(24)28/h2-10H,1H3,(H,21,22,23,26). The van der Waals surface area contributed by atoms with Crippen LogP contribution in [0.15, 0.2) is 59.4 Å². The van der Waals surface area contributed by atoms with E-state index >= 15 is 0 Å². The molecule has 2 amide bonds. The van der Waals surface area contributed by atoms with Crippen molar-refractivity contribution in [1.29, 1.82) is 0 Å². The van der Waals surface area contributed by atoms with Crippen molar-refractivity contribution in [1.82, 2.24) is 19.6 Å². The molecule has 0 saturated heterocycles. The van der Waals surface area contributed by atoms with E-state index in [-0.39, 0.29) is 22.7 Å². The van der Waals surface area contributed by atoms with Crippen molar-refractivity contribution < 1.29 is 14.3 Å². The van der Waals surface area contributed by atoms with E-state index < -0.39 is 17.4 Å². The first-order valence-electron chi connectivity index (χ1n) is 8.69. The molecule has 5 rings (SSSR count). The van der Waals surface area contributed by atoms with Gasteiger partial charge in [-0.25, -0.2) is 4.90 Å². The number of fused-ring (bicyclic) bond motifs is 2. The third kappa shape index (κ3) is 2.52. The molecule has 1 aliphatic heterocycles. The van der Waals surface area contributed by atoms with Gasteiger partial charge in [0, 0.05) is 11.6 Å². The van der Waals surface area contributed by atoms with Crippen LogP contribution in [0.5, 0.6) is 5.75 Å². The fourth-order valence-corrected chi connectivity index (χ4v) is 3.30. The van der Waals surface area contributed by atoms with Gasteiger partial charge in [-0.1, -0.05) is 12.1 Å². The van der Waals surface area contributed by atoms with E-state index in [2.05, 4.69) is 15.1 Å². The zero-order chi connectivity index (χ0) is 20.1. The lowest BCUT2D eigenvalue weighted by molar-refractivity contribution is 0.0924. The van der Waals surface area contributed by atoms with Gasteiger partial charge in [-0.05, 0) is 36.4 Å². The molecule has 0 atom stereocenters. The van der Waals surface area contributed by atoms with Crippen LogP contribution >= 0.6 is 0 Å². The molecule has 29 heavy (non-hydrogen) atoms. The normalized spacial score (nSPS) is 13.2. The molecule has 0 spiro atoms. The topological polar surface area (TPSA) is 110 Å². The molecule has 2 aromatic heterocycles. The van der Waals surface area contributed by atoms with Crippen LogP contribution in [0.25, 0.3) is 17.2 Å². The number of methoxy groups -OCH3 is 1. The van der Waals surface area contributed by atoms with Crippen molar-refractivity contribution in [3.63, 3.8) is 0 Å². The average Bonchev–Trinajstić information content (AvgIpc) is 3.27. The van der Waals surface area contributed by atoms with Gasteiger partial charge in [0.25, 0.3) is 17.4 Å². The molecule has 9 heteroatoms. The van der Waals surface area contributed by atoms with Crippen molar-refractivity contribution in [3.8, 4) is 17.1 Å². The molecular weight excluding hydrogens is 374 g/mol. The van der Waals surface area contributed by atoms with Crippen LogP contribution in [0.1, 0.15) is 20.7 Å². The second kappa shape index (κ2) is 6.13. The molecule has 2 aromatic carbocycles. The number of imide groups is 1. The van der Waals surface area contributed by atoms with Crippen LogP contribution in [-0.4, -0.2) is 38.5 Å². The number of amides is 2. The zero-order valence-electron chi connectivity index (χ0n) is 15.1. The van der Waals surface area contributed by atoms with E-state index in [9.17, 15) is 14.4 Å². The number of carbonyl (C=O) groups is 2. The Morgan fingerprint density at radius 3 is 2.21 bits per heavy atom. The lowest BCUT2D eigenvalue weighted by atomic mass is 10.1. The maximum atomic E-state index is 12.8. The number of nitrogens with zero attached hydrogens (tertiary/aromatic N) is 4. The number of carbonyl (C=O) groups excluding carboxylic acids is 2. The fourth-order valence-electron chi connectivity index (χ4n) is 3.30. The maximum Gasteiger partial charge on any atom is 0.267 e. The van der Waals surface area contributed by atoms with E-state index in [4.69, 9.17) is 4.74 Å². The smallest absolute Gasteiger partial charge is 0.267 e. The first-order valence-corrected chi connectivity index (χ1v) is 8.69. The molecule has 0 bridgehead atoms. The quantitative estimate of drug-likeness (QED) is 0.538. The number of H-pyrrole nitrogens is 1. The molecule has 0 fully saturated rings. The van der Waals surface area contributed by atoms with Gasteiger partial charge in [0.05, 0.1) is 18.2 Å². The summed E-state index contributed by atoms with van der Waals surface area (Å²) in [6, 6.07) is 14.7. The Balaban J connectivity index is 1.67. The SMILES string of the molecule is COc1ccc(-c2nc3[nH]c(=O)cc(N4C(=O)c5ccccc5C4=O)n3n2)cc1. The van der Waals surface area contributed by atoms with Crippen molar-refractivity contribution >= 4 is 23.4 Å². The first-order chi connectivity index (χ1) is 14.1. The molecule has 3 heterocycles. The maximum absolute atomic E-state index is 12.8. The highest BCUT2D eigenvalue weighted by Crippen LogP contribution is 2.28. The zero-order valence-corrected chi connectivity index (χ0v) is 15.1. The van der Waals surface area contributed by atoms with Crippen LogP contribution in [0.4, 0.5) is 5.82 Å². The lowest BCUT2D eigenvalue weighted by Crippen LogP contribution is -2.32. The number of nitrogens with one attached hydrogen (secondary N) is 1. The number of rotatable bonds is 3. The third-order valence-electron chi connectivity index (χ3n) is 4.69. The largest absolute Gasteiger partial charge is 0.497 e. The van der Waals surface area contributed by atoms with Gasteiger partial charge in [0.2, 0.25) is 5.78 Å². The number of aromatic amines is 1. The average molecular weight is 387 g/mol. The number of hydrogen-bond donors (Lipinski definition) is 1. The summed E-state index contributed by atoms with van der Waals surface area (Å²) in [4.78, 5) is 45.7. The van der Waals surface area contributed by atoms with Gasteiger partial charge in [-0.3, -0.25) is 19.4 Å². The molecule has 4 aromatic rings. The Morgan fingerprint density at radius 1 is 0.931 bits per heavy atom. The summed E-state index contributed by atoms with van der Waals surface area (Å²) < 4.78 is 6.43. The minimum Gasteiger partial charge on any atom is -0.497 e. The summed E-state index contributed by atoms with van der Waals surface area (Å²) in [5.74, 6) is 0.125. The highest BCUT2D eigenvalue weighted by molar-refractivity contribution is 6.34. The Kier molecular flexibility index (Phi) is 3.56. The molecule has 1 N–H and O–H groups in total. The van der Waals surface area contributed by atoms with Crippen LogP contribution in [0, 0.1) is 0 Å². The predicted octanol–water partition coefficient (Wildman–Crippen LogP) is 1.89. The summed E-state index contributed by atoms with van der Waals surface area (Å²) >= 11 is 0. The van der Waals surface area contributed by atoms with Crippen LogP contribution in [-0.2, 0) is 0 Å². The Labute approximate surface area is 163 Å². The number of hydrogen-bond acceptors (Lipinski definition) is 6. The van der Waals surface area contributed by atoms with E-state index in [1.54, 1.807) is 55.6 Å². The van der Waals surface area contributed by atoms with Crippen LogP contribution < -0.4 is 15.2 Å². The summed E-state index contributed by atoms with van der Waals surface area (Å²) in [5, 5.41) is 4.40. The van der Waals surface area contributed by atoms with Crippen molar-refractivity contribution in [2.24, 2.45) is 0 Å². The van der Waals surface area contributed by atoms with Crippen molar-refractivity contribution in [3.05, 3.63) is 76.1 Å². The molecule has 0 radical (unpaired) electrons. The summed E-state index contributed by atoms with van der Waals surface area (Å²) in [5.41, 5.74) is 0.740. The number of aromatic nitrogens is 4. The van der Waals surface area contributed by atoms with Crippen LogP contribution in [0.2, 0.25) is 0 Å². The van der Waals surface area contributed by atoms with E-state index in [1.807, 2.05) is 0 Å². The number of ether oxygens (including phenoxy) is 1. The van der Waals surface area contributed by atoms with Gasteiger partial charge in [0.1, 0.15) is 5.75 Å². The summed E-state index contributed by atoms with van der Waals surface area (Å²) in [7, 11) is 1.57. The molecule has 0 saturated carbocycles. The van der Waals surface area contributed by atoms with Gasteiger partial charge < -0.3 is 4.74 Å². The van der Waals surface area contributed by atoms with E-state index in [0.29, 0.717) is 17.1 Å². The minimum absolute atomic E-state index is 0.0298. The lowest BCUT2D eigenvalue weighted by Gasteiger charge is -2.13. The summed E-state index contributed by atoms with van der Waals surface area (Å²) in [6.07, 6.45) is 0. The van der Waals surface area contributed by atoms with Crippen molar-refractivity contribution in [2.75, 3.05) is 12.0 Å². The van der Waals surface area contributed by atoms with E-state index in [0.717, 1.165) is 11.0 Å². The molecule has 9 nitrogen and oxygen atoms in total. The first kappa shape index (κ1) is 16.9. The number of anilines is 1. The fraction of sp³-hybridized carbons (Fsp3) is 0.0500. The second-order valence-corrected chi connectivity index (χ2v) is 6.38. The van der Waals surface area contributed by atoms with Gasteiger partial charge in [-0.2, -0.15) is 9.50 Å². The third-order valence-corrected chi connectivity index (χ3v) is 4.69. The highest BCUT2D eigenvalue weighted by Gasteiger charge is 2.38. The molecule has 1 aliphatic rings. The molecule has 142 valence electrons. The van der Waals surface area contributed by atoms with Crippen LogP contribution in [0.3, 0.4) is 0 Å². The monoisotopic (exact) mass is 387 g/mol. The van der Waals surface area contributed by atoms with Crippen molar-refractivity contribution in [2.45, 2.75) is 0 Å². The van der Waals surface area contributed by atoms with Gasteiger partial charge in [0.15, 0.2) is 11.6 Å².